The van der Waals surface area contributed by atoms with E-state index < -0.39 is 0 Å². The van der Waals surface area contributed by atoms with Crippen molar-refractivity contribution in [1.29, 1.82) is 0 Å². The van der Waals surface area contributed by atoms with Crippen molar-refractivity contribution in [3.8, 4) is 5.69 Å². The number of halogens is 1. The topological polar surface area (TPSA) is 88.5 Å². The molecule has 7 nitrogen and oxygen atoms in total. The molecule has 0 aliphatic carbocycles. The lowest BCUT2D eigenvalue weighted by atomic mass is 9.98. The molecule has 8 heteroatoms. The first kappa shape index (κ1) is 19.8. The number of para-hydroxylation sites is 2. The van der Waals surface area contributed by atoms with Gasteiger partial charge < -0.3 is 10.3 Å². The molecule has 0 spiro atoms. The maximum Gasteiger partial charge on any atom is 0.291 e. The number of aromatic amines is 1. The maximum absolute atomic E-state index is 13.2. The van der Waals surface area contributed by atoms with Crippen LogP contribution in [0.25, 0.3) is 16.7 Å². The van der Waals surface area contributed by atoms with Gasteiger partial charge in [-0.25, -0.2) is 19.0 Å². The Hall–Kier alpha value is -3.55. The van der Waals surface area contributed by atoms with Crippen molar-refractivity contribution < 1.29 is 9.18 Å². The van der Waals surface area contributed by atoms with Gasteiger partial charge in [-0.1, -0.05) is 32.4 Å². The predicted molar refractivity (Wildman–Crippen MR) is 112 cm³/mol. The van der Waals surface area contributed by atoms with Crippen molar-refractivity contribution in [2.24, 2.45) is 5.92 Å². The fourth-order valence-electron chi connectivity index (χ4n) is 3.35. The lowest BCUT2D eigenvalue weighted by Crippen LogP contribution is -2.34. The van der Waals surface area contributed by atoms with Crippen LogP contribution in [-0.2, 0) is 0 Å². The highest BCUT2D eigenvalue weighted by Crippen LogP contribution is 2.25. The van der Waals surface area contributed by atoms with Gasteiger partial charge in [0.25, 0.3) is 5.91 Å². The second kappa shape index (κ2) is 8.06. The molecule has 2 N–H and O–H groups in total. The largest absolute Gasteiger partial charge is 0.340 e. The van der Waals surface area contributed by atoms with Crippen LogP contribution in [0, 0.1) is 18.7 Å². The van der Waals surface area contributed by atoms with Crippen LogP contribution in [0.5, 0.6) is 0 Å². The molecule has 0 bridgehead atoms. The molecule has 2 aromatic heterocycles. The molecule has 0 fully saturated rings. The summed E-state index contributed by atoms with van der Waals surface area (Å²) in [6.45, 7) is 5.88. The standard InChI is InChI=1S/C22H23FN6O/c1-4-13(2)19(20-25-17-7-5-6-8-18(17)26-20)27-22(30)21-24-14(3)29(28-21)16-11-9-15(23)10-12-16/h5-13,19H,4H2,1-3H3,(H,25,26)(H,27,30). The summed E-state index contributed by atoms with van der Waals surface area (Å²) in [5, 5.41) is 7.36. The lowest BCUT2D eigenvalue weighted by molar-refractivity contribution is 0.0910. The summed E-state index contributed by atoms with van der Waals surface area (Å²) in [6.07, 6.45) is 0.860. The van der Waals surface area contributed by atoms with E-state index in [1.165, 1.54) is 16.8 Å². The second-order valence-corrected chi connectivity index (χ2v) is 7.35. The van der Waals surface area contributed by atoms with Gasteiger partial charge in [0.05, 0.1) is 22.8 Å². The Morgan fingerprint density at radius 3 is 2.60 bits per heavy atom. The summed E-state index contributed by atoms with van der Waals surface area (Å²) in [5.74, 6) is 0.724. The van der Waals surface area contributed by atoms with E-state index in [2.05, 4.69) is 39.2 Å². The number of amides is 1. The smallest absolute Gasteiger partial charge is 0.291 e. The zero-order valence-corrected chi connectivity index (χ0v) is 17.1. The van der Waals surface area contributed by atoms with Crippen LogP contribution in [-0.4, -0.2) is 30.6 Å². The van der Waals surface area contributed by atoms with Crippen LogP contribution in [0.3, 0.4) is 0 Å². The van der Waals surface area contributed by atoms with Crippen LogP contribution in [0.4, 0.5) is 4.39 Å². The third kappa shape index (κ3) is 3.80. The number of hydrogen-bond acceptors (Lipinski definition) is 4. The van der Waals surface area contributed by atoms with Gasteiger partial charge in [0, 0.05) is 0 Å². The molecule has 0 saturated carbocycles. The quantitative estimate of drug-likeness (QED) is 0.504. The highest BCUT2D eigenvalue weighted by Gasteiger charge is 2.26. The van der Waals surface area contributed by atoms with Gasteiger partial charge in [0.2, 0.25) is 5.82 Å². The molecule has 2 unspecified atom stereocenters. The maximum atomic E-state index is 13.2. The first-order chi connectivity index (χ1) is 14.5. The number of aromatic nitrogens is 5. The normalized spacial score (nSPS) is 13.3. The summed E-state index contributed by atoms with van der Waals surface area (Å²) >= 11 is 0. The van der Waals surface area contributed by atoms with E-state index >= 15 is 0 Å². The van der Waals surface area contributed by atoms with Gasteiger partial charge in [-0.15, -0.1) is 5.10 Å². The fraction of sp³-hybridized carbons (Fsp3) is 0.273. The van der Waals surface area contributed by atoms with Crippen molar-refractivity contribution in [1.82, 2.24) is 30.0 Å². The molecule has 154 valence electrons. The summed E-state index contributed by atoms with van der Waals surface area (Å²) in [6, 6.07) is 13.3. The van der Waals surface area contributed by atoms with Gasteiger partial charge in [-0.2, -0.15) is 0 Å². The monoisotopic (exact) mass is 406 g/mol. The summed E-state index contributed by atoms with van der Waals surface area (Å²) in [4.78, 5) is 25.2. The van der Waals surface area contributed by atoms with E-state index in [0.717, 1.165) is 17.5 Å². The van der Waals surface area contributed by atoms with E-state index in [1.807, 2.05) is 24.3 Å². The summed E-state index contributed by atoms with van der Waals surface area (Å²) < 4.78 is 14.7. The molecule has 0 saturated heterocycles. The zero-order chi connectivity index (χ0) is 21.3. The number of rotatable bonds is 6. The third-order valence-electron chi connectivity index (χ3n) is 5.25. The van der Waals surface area contributed by atoms with Crippen LogP contribution in [0.15, 0.2) is 48.5 Å². The number of H-pyrrole nitrogens is 1. The number of benzene rings is 2. The van der Waals surface area contributed by atoms with E-state index in [-0.39, 0.29) is 29.5 Å². The molecule has 0 aliphatic rings. The molecular formula is C22H23FN6O. The summed E-state index contributed by atoms with van der Waals surface area (Å²) in [5.41, 5.74) is 2.41. The van der Waals surface area contributed by atoms with Crippen molar-refractivity contribution in [2.45, 2.75) is 33.2 Å². The van der Waals surface area contributed by atoms with Crippen molar-refractivity contribution >= 4 is 16.9 Å². The molecule has 1 amide bonds. The van der Waals surface area contributed by atoms with Gasteiger partial charge in [-0.05, 0) is 49.2 Å². The average molecular weight is 406 g/mol. The van der Waals surface area contributed by atoms with Crippen molar-refractivity contribution in [3.05, 3.63) is 71.8 Å². The Morgan fingerprint density at radius 2 is 1.90 bits per heavy atom. The number of nitrogens with zero attached hydrogens (tertiary/aromatic N) is 4. The van der Waals surface area contributed by atoms with Gasteiger partial charge >= 0.3 is 0 Å². The minimum atomic E-state index is -0.385. The van der Waals surface area contributed by atoms with Crippen LogP contribution >= 0.6 is 0 Å². The zero-order valence-electron chi connectivity index (χ0n) is 17.1. The van der Waals surface area contributed by atoms with Gasteiger partial charge in [0.15, 0.2) is 0 Å². The molecule has 2 heterocycles. The highest BCUT2D eigenvalue weighted by atomic mass is 19.1. The number of carbonyl (C=O) groups excluding carboxylic acids is 1. The van der Waals surface area contributed by atoms with Crippen molar-refractivity contribution in [3.63, 3.8) is 0 Å². The second-order valence-electron chi connectivity index (χ2n) is 7.35. The predicted octanol–water partition coefficient (Wildman–Crippen LogP) is 4.11. The molecule has 4 rings (SSSR count). The van der Waals surface area contributed by atoms with E-state index in [4.69, 9.17) is 0 Å². The van der Waals surface area contributed by atoms with E-state index in [0.29, 0.717) is 17.3 Å². The molecule has 0 aliphatic heterocycles. The Bertz CT molecular complexity index is 1150. The molecule has 0 radical (unpaired) electrons. The lowest BCUT2D eigenvalue weighted by Gasteiger charge is -2.21. The Morgan fingerprint density at radius 1 is 1.17 bits per heavy atom. The Balaban J connectivity index is 1.61. The first-order valence-electron chi connectivity index (χ1n) is 9.91. The minimum absolute atomic E-state index is 0.0567. The minimum Gasteiger partial charge on any atom is -0.340 e. The molecule has 2 aromatic carbocycles. The number of hydrogen-bond donors (Lipinski definition) is 2. The van der Waals surface area contributed by atoms with Crippen LogP contribution in [0.2, 0.25) is 0 Å². The fourth-order valence-corrected chi connectivity index (χ4v) is 3.35. The SMILES string of the molecule is CCC(C)C(NC(=O)c1nc(C)n(-c2ccc(F)cc2)n1)c1nc2ccccc2[nH]1. The molecule has 30 heavy (non-hydrogen) atoms. The van der Waals surface area contributed by atoms with Crippen LogP contribution < -0.4 is 5.32 Å². The van der Waals surface area contributed by atoms with Gasteiger partial charge in [0.1, 0.15) is 17.5 Å². The van der Waals surface area contributed by atoms with E-state index in [9.17, 15) is 9.18 Å². The molecule has 4 aromatic rings. The Labute approximate surface area is 173 Å². The molecular weight excluding hydrogens is 383 g/mol. The number of fused-ring (bicyclic) bond motifs is 1. The average Bonchev–Trinajstić information content (AvgIpc) is 3.35. The highest BCUT2D eigenvalue weighted by molar-refractivity contribution is 5.90. The van der Waals surface area contributed by atoms with E-state index in [1.54, 1.807) is 19.1 Å². The van der Waals surface area contributed by atoms with Crippen molar-refractivity contribution in [2.75, 3.05) is 0 Å². The first-order valence-corrected chi connectivity index (χ1v) is 9.91. The number of aryl methyl sites for hydroxylation is 1. The number of carbonyl (C=O) groups is 1. The third-order valence-corrected chi connectivity index (χ3v) is 5.25. The summed E-state index contributed by atoms with van der Waals surface area (Å²) in [7, 11) is 0. The Kier molecular flexibility index (Phi) is 5.31. The van der Waals surface area contributed by atoms with Gasteiger partial charge in [-0.3, -0.25) is 4.79 Å². The number of nitrogens with one attached hydrogen (secondary N) is 2. The number of imidazole rings is 1. The molecule has 2 atom stereocenters. The van der Waals surface area contributed by atoms with Crippen LogP contribution in [0.1, 0.15) is 48.6 Å².